The van der Waals surface area contributed by atoms with Gasteiger partial charge in [-0.3, -0.25) is 19.2 Å². The predicted octanol–water partition coefficient (Wildman–Crippen LogP) is 3.10. The highest BCUT2D eigenvalue weighted by Crippen LogP contribution is 2.36. The van der Waals surface area contributed by atoms with Crippen LogP contribution in [-0.2, 0) is 19.2 Å². The van der Waals surface area contributed by atoms with Crippen molar-refractivity contribution in [3.63, 3.8) is 0 Å². The zero-order valence-electron chi connectivity index (χ0n) is 22.7. The van der Waals surface area contributed by atoms with Crippen LogP contribution >= 0.6 is 11.8 Å². The standard InChI is InChI=1S/C26H46N4O4S/c1-18-20(17-23(33)30(18)26(5,6)7)35-15-11-9-10-12-22(32)29(8)19(24(34)28-14-13-27)16-21(31)25(2,3)4/h19-20H,1,9-17,27H2,2-8H3,(H,28,34). The van der Waals surface area contributed by atoms with Crippen LogP contribution in [-0.4, -0.2) is 76.0 Å². The van der Waals surface area contributed by atoms with Crippen LogP contribution in [0.1, 0.15) is 80.1 Å². The van der Waals surface area contributed by atoms with Crippen LogP contribution < -0.4 is 11.1 Å². The molecule has 8 nitrogen and oxygen atoms in total. The molecule has 2 atom stereocenters. The lowest BCUT2D eigenvalue weighted by Crippen LogP contribution is -2.50. The van der Waals surface area contributed by atoms with Crippen LogP contribution in [0, 0.1) is 5.41 Å². The third-order valence-electron chi connectivity index (χ3n) is 6.12. The van der Waals surface area contributed by atoms with Gasteiger partial charge in [0.1, 0.15) is 11.8 Å². The molecule has 0 aromatic rings. The van der Waals surface area contributed by atoms with E-state index in [2.05, 4.69) is 11.9 Å². The summed E-state index contributed by atoms with van der Waals surface area (Å²) in [6.45, 7) is 16.2. The minimum atomic E-state index is -0.840. The number of carbonyl (C=O) groups excluding carboxylic acids is 4. The Morgan fingerprint density at radius 3 is 2.31 bits per heavy atom. The van der Waals surface area contributed by atoms with Gasteiger partial charge in [-0.1, -0.05) is 33.8 Å². The Labute approximate surface area is 215 Å². The fraction of sp³-hybridized carbons (Fsp3) is 0.769. The molecule has 0 spiro atoms. The normalized spacial score (nSPS) is 17.5. The molecule has 0 aliphatic carbocycles. The number of likely N-dealkylation sites (tertiary alicyclic amines) is 1. The number of nitrogens with one attached hydrogen (secondary N) is 1. The highest BCUT2D eigenvalue weighted by atomic mass is 32.2. The number of amides is 3. The molecular weight excluding hydrogens is 464 g/mol. The van der Waals surface area contributed by atoms with Crippen molar-refractivity contribution in [2.24, 2.45) is 11.1 Å². The molecule has 3 N–H and O–H groups in total. The van der Waals surface area contributed by atoms with Crippen molar-refractivity contribution in [1.82, 2.24) is 15.1 Å². The number of unbranched alkanes of at least 4 members (excludes halogenated alkanes) is 2. The Bertz CT molecular complexity index is 785. The summed E-state index contributed by atoms with van der Waals surface area (Å²) in [5.74, 6) is 0.449. The molecule has 35 heavy (non-hydrogen) atoms. The van der Waals surface area contributed by atoms with Gasteiger partial charge in [-0.25, -0.2) is 0 Å². The topological polar surface area (TPSA) is 113 Å². The zero-order chi connectivity index (χ0) is 27.0. The summed E-state index contributed by atoms with van der Waals surface area (Å²) in [5, 5.41) is 2.82. The minimum absolute atomic E-state index is 0.0195. The molecule has 200 valence electrons. The van der Waals surface area contributed by atoms with E-state index in [-0.39, 0.29) is 47.3 Å². The fourth-order valence-electron chi connectivity index (χ4n) is 3.96. The van der Waals surface area contributed by atoms with Crippen LogP contribution in [0.25, 0.3) is 0 Å². The van der Waals surface area contributed by atoms with Crippen LogP contribution in [0.2, 0.25) is 0 Å². The van der Waals surface area contributed by atoms with E-state index in [1.807, 2.05) is 46.4 Å². The van der Waals surface area contributed by atoms with Gasteiger partial charge in [0.25, 0.3) is 0 Å². The third-order valence-corrected chi connectivity index (χ3v) is 7.48. The van der Waals surface area contributed by atoms with Crippen molar-refractivity contribution in [2.45, 2.75) is 96.9 Å². The summed E-state index contributed by atoms with van der Waals surface area (Å²) in [6, 6.07) is -0.840. The Morgan fingerprint density at radius 2 is 1.80 bits per heavy atom. The van der Waals surface area contributed by atoms with E-state index in [0.717, 1.165) is 24.3 Å². The molecule has 1 aliphatic rings. The van der Waals surface area contributed by atoms with Gasteiger partial charge < -0.3 is 20.9 Å². The monoisotopic (exact) mass is 510 g/mol. The lowest BCUT2D eigenvalue weighted by Gasteiger charge is -2.33. The fourth-order valence-corrected chi connectivity index (χ4v) is 5.18. The number of ketones is 1. The van der Waals surface area contributed by atoms with E-state index in [1.165, 1.54) is 4.90 Å². The zero-order valence-corrected chi connectivity index (χ0v) is 23.6. The van der Waals surface area contributed by atoms with E-state index in [1.54, 1.807) is 18.8 Å². The molecule has 1 fully saturated rings. The molecule has 9 heteroatoms. The Hall–Kier alpha value is -1.87. The van der Waals surface area contributed by atoms with E-state index < -0.39 is 11.5 Å². The molecule has 0 radical (unpaired) electrons. The van der Waals surface area contributed by atoms with Crippen LogP contribution in [0.15, 0.2) is 12.3 Å². The second kappa shape index (κ2) is 13.4. The number of hydrogen-bond acceptors (Lipinski definition) is 6. The number of likely N-dealkylation sites (N-methyl/N-ethyl adjacent to an activating group) is 1. The largest absolute Gasteiger partial charge is 0.353 e. The average molecular weight is 511 g/mol. The minimum Gasteiger partial charge on any atom is -0.353 e. The molecule has 0 aromatic heterocycles. The van der Waals surface area contributed by atoms with Crippen molar-refractivity contribution < 1.29 is 19.2 Å². The van der Waals surface area contributed by atoms with Gasteiger partial charge in [0.15, 0.2) is 0 Å². The van der Waals surface area contributed by atoms with Crippen molar-refractivity contribution in [1.29, 1.82) is 0 Å². The first-order valence-corrected chi connectivity index (χ1v) is 13.6. The van der Waals surface area contributed by atoms with Crippen molar-refractivity contribution in [3.05, 3.63) is 12.3 Å². The molecule has 0 aromatic carbocycles. The summed E-state index contributed by atoms with van der Waals surface area (Å²) in [7, 11) is 1.59. The molecule has 1 rings (SSSR count). The van der Waals surface area contributed by atoms with Crippen LogP contribution in [0.3, 0.4) is 0 Å². The first-order chi connectivity index (χ1) is 16.1. The Kier molecular flexibility index (Phi) is 12.0. The molecule has 3 amide bonds. The highest BCUT2D eigenvalue weighted by molar-refractivity contribution is 8.00. The van der Waals surface area contributed by atoms with Gasteiger partial charge in [-0.05, 0) is 39.4 Å². The van der Waals surface area contributed by atoms with Gasteiger partial charge in [-0.2, -0.15) is 11.8 Å². The summed E-state index contributed by atoms with van der Waals surface area (Å²) < 4.78 is 0. The number of nitrogens with zero attached hydrogens (tertiary/aromatic N) is 2. The summed E-state index contributed by atoms with van der Waals surface area (Å²) in [5.41, 5.74) is 5.52. The van der Waals surface area contributed by atoms with Gasteiger partial charge in [0.05, 0.1) is 5.25 Å². The summed E-state index contributed by atoms with van der Waals surface area (Å²) in [4.78, 5) is 53.6. The van der Waals surface area contributed by atoms with E-state index >= 15 is 0 Å². The molecule has 0 bridgehead atoms. The molecular formula is C26H46N4O4S. The maximum Gasteiger partial charge on any atom is 0.243 e. The lowest BCUT2D eigenvalue weighted by atomic mass is 9.86. The SMILES string of the molecule is C=C1C(SCCCCCC(=O)N(C)C(CC(=O)C(C)(C)C)C(=O)NCCN)CC(=O)N1C(C)(C)C. The number of rotatable bonds is 13. The number of carbonyl (C=O) groups is 4. The lowest BCUT2D eigenvalue weighted by molar-refractivity contribution is -0.141. The second-order valence-corrected chi connectivity index (χ2v) is 12.6. The van der Waals surface area contributed by atoms with Gasteiger partial charge in [0.2, 0.25) is 17.7 Å². The van der Waals surface area contributed by atoms with E-state index in [0.29, 0.717) is 25.8 Å². The molecule has 1 heterocycles. The number of nitrogens with two attached hydrogens (primary N) is 1. The quantitative estimate of drug-likeness (QED) is 0.368. The average Bonchev–Trinajstić information content (AvgIpc) is 3.04. The molecule has 2 unspecified atom stereocenters. The number of Topliss-reactive ketones (excluding diaryl/α,β-unsaturated/α-hetero) is 1. The van der Waals surface area contributed by atoms with Crippen molar-refractivity contribution in [3.8, 4) is 0 Å². The molecule has 0 saturated carbocycles. The van der Waals surface area contributed by atoms with Crippen LogP contribution in [0.5, 0.6) is 0 Å². The van der Waals surface area contributed by atoms with Crippen molar-refractivity contribution >= 4 is 35.3 Å². The van der Waals surface area contributed by atoms with E-state index in [9.17, 15) is 19.2 Å². The maximum atomic E-state index is 12.8. The number of hydrogen-bond donors (Lipinski definition) is 2. The van der Waals surface area contributed by atoms with E-state index in [4.69, 9.17) is 5.73 Å². The number of thioether (sulfide) groups is 1. The van der Waals surface area contributed by atoms with Gasteiger partial charge in [-0.15, -0.1) is 0 Å². The second-order valence-electron chi connectivity index (χ2n) is 11.2. The van der Waals surface area contributed by atoms with Gasteiger partial charge >= 0.3 is 0 Å². The predicted molar refractivity (Wildman–Crippen MR) is 143 cm³/mol. The maximum absolute atomic E-state index is 12.8. The first-order valence-electron chi connectivity index (χ1n) is 12.5. The third kappa shape index (κ3) is 9.60. The van der Waals surface area contributed by atoms with Crippen LogP contribution in [0.4, 0.5) is 0 Å². The Morgan fingerprint density at radius 1 is 1.17 bits per heavy atom. The smallest absolute Gasteiger partial charge is 0.243 e. The summed E-state index contributed by atoms with van der Waals surface area (Å²) in [6.07, 6.45) is 3.29. The summed E-state index contributed by atoms with van der Waals surface area (Å²) >= 11 is 1.75. The molecule has 1 saturated heterocycles. The van der Waals surface area contributed by atoms with Gasteiger partial charge in [0, 0.05) is 56.1 Å². The molecule has 1 aliphatic heterocycles. The van der Waals surface area contributed by atoms with Crippen molar-refractivity contribution in [2.75, 3.05) is 25.9 Å². The highest BCUT2D eigenvalue weighted by Gasteiger charge is 2.39. The Balaban J connectivity index is 2.51. The first kappa shape index (κ1) is 31.2.